The van der Waals surface area contributed by atoms with Crippen LogP contribution in [0.15, 0.2) is 42.5 Å². The van der Waals surface area contributed by atoms with Crippen LogP contribution in [0.25, 0.3) is 0 Å². The number of imide groups is 1. The highest BCUT2D eigenvalue weighted by atomic mass is 16.5. The molecule has 3 rings (SSSR count). The molecule has 0 bridgehead atoms. The SMILES string of the molecule is COc1cccc(N[C@@H]2CC(=O)N(c3ccc(OC)cc3OC)C2=O)c1. The molecule has 0 aromatic heterocycles. The molecule has 1 aliphatic heterocycles. The Morgan fingerprint density at radius 2 is 1.69 bits per heavy atom. The number of ether oxygens (including phenoxy) is 3. The lowest BCUT2D eigenvalue weighted by molar-refractivity contribution is -0.121. The predicted octanol–water partition coefficient (Wildman–Crippen LogP) is 2.46. The minimum absolute atomic E-state index is 0.0607. The van der Waals surface area contributed by atoms with Crippen LogP contribution in [0.1, 0.15) is 6.42 Å². The van der Waals surface area contributed by atoms with Crippen molar-refractivity contribution in [3.63, 3.8) is 0 Å². The van der Waals surface area contributed by atoms with E-state index in [4.69, 9.17) is 14.2 Å². The van der Waals surface area contributed by atoms with Gasteiger partial charge in [-0.05, 0) is 24.3 Å². The number of nitrogens with one attached hydrogen (secondary N) is 1. The number of amides is 2. The van der Waals surface area contributed by atoms with E-state index in [0.717, 1.165) is 4.90 Å². The van der Waals surface area contributed by atoms with Gasteiger partial charge in [0.15, 0.2) is 0 Å². The molecule has 136 valence electrons. The molecule has 1 atom stereocenters. The topological polar surface area (TPSA) is 77.1 Å². The van der Waals surface area contributed by atoms with Crippen LogP contribution < -0.4 is 24.4 Å². The van der Waals surface area contributed by atoms with Crippen molar-refractivity contribution in [1.82, 2.24) is 0 Å². The number of methoxy groups -OCH3 is 3. The highest BCUT2D eigenvalue weighted by Crippen LogP contribution is 2.35. The van der Waals surface area contributed by atoms with Crippen LogP contribution in [0, 0.1) is 0 Å². The Labute approximate surface area is 151 Å². The van der Waals surface area contributed by atoms with Gasteiger partial charge in [0.25, 0.3) is 5.91 Å². The zero-order chi connectivity index (χ0) is 18.7. The van der Waals surface area contributed by atoms with E-state index in [1.807, 2.05) is 12.1 Å². The van der Waals surface area contributed by atoms with Crippen LogP contribution in [0.3, 0.4) is 0 Å². The molecule has 2 amide bonds. The Balaban J connectivity index is 1.85. The van der Waals surface area contributed by atoms with Crippen molar-refractivity contribution in [2.75, 3.05) is 31.5 Å². The standard InChI is InChI=1S/C19H20N2O5/c1-24-13-6-4-5-12(9-13)20-15-11-18(22)21(19(15)23)16-8-7-14(25-2)10-17(16)26-3/h4-10,15,20H,11H2,1-3H3/t15-/m1/s1. The van der Waals surface area contributed by atoms with E-state index < -0.39 is 6.04 Å². The van der Waals surface area contributed by atoms with Crippen molar-refractivity contribution in [3.8, 4) is 17.2 Å². The Hall–Kier alpha value is -3.22. The fourth-order valence-corrected chi connectivity index (χ4v) is 2.88. The zero-order valence-electron chi connectivity index (χ0n) is 14.8. The zero-order valence-corrected chi connectivity index (χ0v) is 14.8. The average Bonchev–Trinajstić information content (AvgIpc) is 2.94. The second-order valence-electron chi connectivity index (χ2n) is 5.74. The molecule has 1 aliphatic rings. The van der Waals surface area contributed by atoms with Crippen molar-refractivity contribution in [2.45, 2.75) is 12.5 Å². The lowest BCUT2D eigenvalue weighted by Gasteiger charge is -2.19. The van der Waals surface area contributed by atoms with Gasteiger partial charge in [-0.2, -0.15) is 0 Å². The molecule has 1 N–H and O–H groups in total. The maximum atomic E-state index is 12.8. The molecule has 0 unspecified atom stereocenters. The van der Waals surface area contributed by atoms with Crippen LogP contribution in [-0.4, -0.2) is 39.2 Å². The molecule has 0 spiro atoms. The van der Waals surface area contributed by atoms with Gasteiger partial charge in [-0.25, -0.2) is 4.90 Å². The summed E-state index contributed by atoms with van der Waals surface area (Å²) < 4.78 is 15.7. The minimum Gasteiger partial charge on any atom is -0.497 e. The molecule has 0 aliphatic carbocycles. The molecule has 0 radical (unpaired) electrons. The smallest absolute Gasteiger partial charge is 0.256 e. The lowest BCUT2D eigenvalue weighted by atomic mass is 10.2. The maximum Gasteiger partial charge on any atom is 0.256 e. The first-order valence-corrected chi connectivity index (χ1v) is 8.06. The number of carbonyl (C=O) groups excluding carboxylic acids is 2. The monoisotopic (exact) mass is 356 g/mol. The van der Waals surface area contributed by atoms with Crippen LogP contribution in [0.5, 0.6) is 17.2 Å². The van der Waals surface area contributed by atoms with Crippen molar-refractivity contribution in [1.29, 1.82) is 0 Å². The molecule has 26 heavy (non-hydrogen) atoms. The van der Waals surface area contributed by atoms with Gasteiger partial charge in [0.05, 0.1) is 33.4 Å². The molecular weight excluding hydrogens is 336 g/mol. The summed E-state index contributed by atoms with van der Waals surface area (Å²) in [6.45, 7) is 0. The molecule has 7 heteroatoms. The van der Waals surface area contributed by atoms with Gasteiger partial charge in [0, 0.05) is 17.8 Å². The molecule has 1 saturated heterocycles. The second kappa shape index (κ2) is 7.35. The highest BCUT2D eigenvalue weighted by molar-refractivity contribution is 6.23. The fraction of sp³-hybridized carbons (Fsp3) is 0.263. The van der Waals surface area contributed by atoms with E-state index in [9.17, 15) is 9.59 Å². The molecule has 2 aromatic carbocycles. The normalized spacial score (nSPS) is 16.6. The molecule has 0 saturated carbocycles. The summed E-state index contributed by atoms with van der Waals surface area (Å²) in [5, 5.41) is 3.10. The first-order chi connectivity index (χ1) is 12.6. The summed E-state index contributed by atoms with van der Waals surface area (Å²) in [4.78, 5) is 26.5. The van der Waals surface area contributed by atoms with Crippen LogP contribution in [0.2, 0.25) is 0 Å². The third kappa shape index (κ3) is 3.28. The Kier molecular flexibility index (Phi) is 4.97. The van der Waals surface area contributed by atoms with E-state index in [1.54, 1.807) is 37.4 Å². The number of rotatable bonds is 6. The molecule has 1 heterocycles. The van der Waals surface area contributed by atoms with Crippen LogP contribution in [0.4, 0.5) is 11.4 Å². The summed E-state index contributed by atoms with van der Waals surface area (Å²) >= 11 is 0. The average molecular weight is 356 g/mol. The molecule has 2 aromatic rings. The highest BCUT2D eigenvalue weighted by Gasteiger charge is 2.40. The van der Waals surface area contributed by atoms with Gasteiger partial charge in [-0.3, -0.25) is 9.59 Å². The quantitative estimate of drug-likeness (QED) is 0.801. The van der Waals surface area contributed by atoms with E-state index in [-0.39, 0.29) is 18.2 Å². The Morgan fingerprint density at radius 3 is 2.38 bits per heavy atom. The lowest BCUT2D eigenvalue weighted by Crippen LogP contribution is -2.35. The van der Waals surface area contributed by atoms with Gasteiger partial charge in [-0.15, -0.1) is 0 Å². The molecular formula is C19H20N2O5. The molecule has 7 nitrogen and oxygen atoms in total. The van der Waals surface area contributed by atoms with Crippen LogP contribution in [-0.2, 0) is 9.59 Å². The van der Waals surface area contributed by atoms with Crippen molar-refractivity contribution < 1.29 is 23.8 Å². The van der Waals surface area contributed by atoms with E-state index in [0.29, 0.717) is 28.6 Å². The van der Waals surface area contributed by atoms with Gasteiger partial charge >= 0.3 is 0 Å². The Morgan fingerprint density at radius 1 is 0.962 bits per heavy atom. The van der Waals surface area contributed by atoms with E-state index >= 15 is 0 Å². The number of anilines is 2. The van der Waals surface area contributed by atoms with Crippen molar-refractivity contribution in [2.24, 2.45) is 0 Å². The van der Waals surface area contributed by atoms with Gasteiger partial charge < -0.3 is 19.5 Å². The largest absolute Gasteiger partial charge is 0.497 e. The van der Waals surface area contributed by atoms with Crippen LogP contribution >= 0.6 is 0 Å². The first-order valence-electron chi connectivity index (χ1n) is 8.06. The summed E-state index contributed by atoms with van der Waals surface area (Å²) in [5.41, 5.74) is 1.11. The van der Waals surface area contributed by atoms with E-state index in [2.05, 4.69) is 5.32 Å². The summed E-state index contributed by atoms with van der Waals surface area (Å²) in [7, 11) is 4.59. The fourth-order valence-electron chi connectivity index (χ4n) is 2.88. The molecule has 1 fully saturated rings. The predicted molar refractivity (Wildman–Crippen MR) is 97.1 cm³/mol. The van der Waals surface area contributed by atoms with E-state index in [1.165, 1.54) is 14.2 Å². The number of carbonyl (C=O) groups is 2. The minimum atomic E-state index is -0.651. The van der Waals surface area contributed by atoms with Crippen molar-refractivity contribution >= 4 is 23.2 Å². The Bertz CT molecular complexity index is 836. The summed E-state index contributed by atoms with van der Waals surface area (Å²) in [6.07, 6.45) is 0.0607. The number of hydrogen-bond donors (Lipinski definition) is 1. The van der Waals surface area contributed by atoms with Crippen molar-refractivity contribution in [3.05, 3.63) is 42.5 Å². The van der Waals surface area contributed by atoms with Gasteiger partial charge in [-0.1, -0.05) is 6.07 Å². The number of nitrogens with zero attached hydrogens (tertiary/aromatic N) is 1. The second-order valence-corrected chi connectivity index (χ2v) is 5.74. The summed E-state index contributed by atoms with van der Waals surface area (Å²) in [5.74, 6) is 1.02. The maximum absolute atomic E-state index is 12.8. The first kappa shape index (κ1) is 17.6. The summed E-state index contributed by atoms with van der Waals surface area (Å²) in [6, 6.07) is 11.5. The number of benzene rings is 2. The third-order valence-electron chi connectivity index (χ3n) is 4.19. The third-order valence-corrected chi connectivity index (χ3v) is 4.19. The van der Waals surface area contributed by atoms with Gasteiger partial charge in [0.1, 0.15) is 23.3 Å². The van der Waals surface area contributed by atoms with Gasteiger partial charge in [0.2, 0.25) is 5.91 Å². The number of hydrogen-bond acceptors (Lipinski definition) is 6.